The second kappa shape index (κ2) is 7.45. The number of hydrogen-bond donors (Lipinski definition) is 2. The molecule has 28 heavy (non-hydrogen) atoms. The third-order valence-corrected chi connectivity index (χ3v) is 6.52. The number of ether oxygens (including phenoxy) is 1. The number of halogens is 1. The van der Waals surface area contributed by atoms with E-state index in [2.05, 4.69) is 22.1 Å². The Bertz CT molecular complexity index is 886. The molecule has 0 amide bonds. The standard InChI is InChI=1S/C22H30ClN3O2/c1-5-26-8-6-7-14(26)12-24-20-16-10-17-15(13(2)9-19(23)25-17)11-18(16)28-22(3,4)21(20)27/h9-11,14,20-21,24,27H,5-8,12H2,1-4H3/t14-,20+,21-/m1/s1. The Morgan fingerprint density at radius 2 is 2.14 bits per heavy atom. The van der Waals surface area contributed by atoms with Crippen LogP contribution in [0.4, 0.5) is 0 Å². The van der Waals surface area contributed by atoms with E-state index < -0.39 is 11.7 Å². The fourth-order valence-electron chi connectivity index (χ4n) is 4.67. The summed E-state index contributed by atoms with van der Waals surface area (Å²) in [5.74, 6) is 0.811. The summed E-state index contributed by atoms with van der Waals surface area (Å²) in [7, 11) is 0. The van der Waals surface area contributed by atoms with Crippen LogP contribution < -0.4 is 10.1 Å². The lowest BCUT2D eigenvalue weighted by molar-refractivity contribution is -0.0650. The third kappa shape index (κ3) is 3.50. The molecule has 3 atom stereocenters. The highest BCUT2D eigenvalue weighted by molar-refractivity contribution is 6.29. The van der Waals surface area contributed by atoms with Gasteiger partial charge in [0.2, 0.25) is 0 Å². The SMILES string of the molecule is CCN1CCC[C@@H]1CN[C@H]1c2cc3nc(Cl)cc(C)c3cc2OC(C)(C)[C@@H]1O. The minimum Gasteiger partial charge on any atom is -0.485 e. The molecule has 3 heterocycles. The summed E-state index contributed by atoms with van der Waals surface area (Å²) in [4.78, 5) is 7.01. The molecule has 1 saturated heterocycles. The van der Waals surface area contributed by atoms with Crippen LogP contribution >= 0.6 is 11.6 Å². The molecule has 4 rings (SSSR count). The monoisotopic (exact) mass is 403 g/mol. The van der Waals surface area contributed by atoms with Crippen LogP contribution in [0.25, 0.3) is 10.9 Å². The van der Waals surface area contributed by atoms with Crippen molar-refractivity contribution < 1.29 is 9.84 Å². The molecule has 1 fully saturated rings. The van der Waals surface area contributed by atoms with Gasteiger partial charge in [-0.15, -0.1) is 0 Å². The van der Waals surface area contributed by atoms with Gasteiger partial charge in [-0.25, -0.2) is 4.98 Å². The summed E-state index contributed by atoms with van der Waals surface area (Å²) in [6.07, 6.45) is 1.78. The van der Waals surface area contributed by atoms with Crippen molar-refractivity contribution in [2.75, 3.05) is 19.6 Å². The van der Waals surface area contributed by atoms with Gasteiger partial charge in [0, 0.05) is 23.5 Å². The first-order chi connectivity index (χ1) is 13.3. The molecule has 2 N–H and O–H groups in total. The highest BCUT2D eigenvalue weighted by atomic mass is 35.5. The number of fused-ring (bicyclic) bond motifs is 2. The third-order valence-electron chi connectivity index (χ3n) is 6.33. The number of aliphatic hydroxyl groups is 1. The second-order valence-electron chi connectivity index (χ2n) is 8.63. The van der Waals surface area contributed by atoms with Gasteiger partial charge in [0.05, 0.1) is 11.6 Å². The predicted octanol–water partition coefficient (Wildman–Crippen LogP) is 3.84. The number of nitrogens with zero attached hydrogens (tertiary/aromatic N) is 2. The molecule has 0 radical (unpaired) electrons. The average molecular weight is 404 g/mol. The number of aryl methyl sites for hydroxylation is 1. The summed E-state index contributed by atoms with van der Waals surface area (Å²) in [5.41, 5.74) is 2.18. The van der Waals surface area contributed by atoms with Crippen molar-refractivity contribution in [2.24, 2.45) is 0 Å². The van der Waals surface area contributed by atoms with E-state index in [1.165, 1.54) is 12.8 Å². The maximum atomic E-state index is 11.1. The van der Waals surface area contributed by atoms with Gasteiger partial charge in [-0.1, -0.05) is 18.5 Å². The van der Waals surface area contributed by atoms with Crippen molar-refractivity contribution in [1.82, 2.24) is 15.2 Å². The average Bonchev–Trinajstić information content (AvgIpc) is 3.09. The van der Waals surface area contributed by atoms with Crippen molar-refractivity contribution in [3.63, 3.8) is 0 Å². The van der Waals surface area contributed by atoms with Gasteiger partial charge in [-0.3, -0.25) is 4.90 Å². The molecule has 5 nitrogen and oxygen atoms in total. The molecule has 0 aliphatic carbocycles. The molecular formula is C22H30ClN3O2. The molecule has 0 bridgehead atoms. The number of likely N-dealkylation sites (N-methyl/N-ethyl adjacent to an activating group) is 1. The smallest absolute Gasteiger partial charge is 0.131 e. The second-order valence-corrected chi connectivity index (χ2v) is 9.02. The zero-order chi connectivity index (χ0) is 20.1. The maximum absolute atomic E-state index is 11.1. The zero-order valence-electron chi connectivity index (χ0n) is 17.1. The molecule has 0 saturated carbocycles. The van der Waals surface area contributed by atoms with Crippen LogP contribution in [0, 0.1) is 6.92 Å². The van der Waals surface area contributed by atoms with Gasteiger partial charge in [-0.05, 0) is 70.5 Å². The van der Waals surface area contributed by atoms with E-state index in [4.69, 9.17) is 16.3 Å². The van der Waals surface area contributed by atoms with Crippen molar-refractivity contribution in [1.29, 1.82) is 0 Å². The van der Waals surface area contributed by atoms with Crippen LogP contribution in [0.3, 0.4) is 0 Å². The van der Waals surface area contributed by atoms with Gasteiger partial charge in [-0.2, -0.15) is 0 Å². The maximum Gasteiger partial charge on any atom is 0.131 e. The number of aliphatic hydroxyl groups excluding tert-OH is 1. The predicted molar refractivity (Wildman–Crippen MR) is 113 cm³/mol. The quantitative estimate of drug-likeness (QED) is 0.759. The van der Waals surface area contributed by atoms with Crippen LogP contribution in [-0.2, 0) is 0 Å². The molecule has 0 unspecified atom stereocenters. The Balaban J connectivity index is 1.71. The van der Waals surface area contributed by atoms with Gasteiger partial charge < -0.3 is 15.2 Å². The van der Waals surface area contributed by atoms with Crippen molar-refractivity contribution in [3.05, 3.63) is 34.5 Å². The lowest BCUT2D eigenvalue weighted by Crippen LogP contribution is -2.54. The topological polar surface area (TPSA) is 57.6 Å². The van der Waals surface area contributed by atoms with Crippen molar-refractivity contribution >= 4 is 22.5 Å². The van der Waals surface area contributed by atoms with E-state index in [0.717, 1.165) is 47.4 Å². The summed E-state index contributed by atoms with van der Waals surface area (Å²) >= 11 is 6.18. The molecule has 1 aromatic carbocycles. The van der Waals surface area contributed by atoms with Crippen LogP contribution in [0.2, 0.25) is 5.15 Å². The number of hydrogen-bond acceptors (Lipinski definition) is 5. The van der Waals surface area contributed by atoms with E-state index in [9.17, 15) is 5.11 Å². The Hall–Kier alpha value is -1.40. The highest BCUT2D eigenvalue weighted by Crippen LogP contribution is 2.42. The van der Waals surface area contributed by atoms with Gasteiger partial charge in [0.15, 0.2) is 0 Å². The van der Waals surface area contributed by atoms with Crippen LogP contribution in [-0.4, -0.2) is 52.4 Å². The van der Waals surface area contributed by atoms with Crippen LogP contribution in [0.15, 0.2) is 18.2 Å². The van der Waals surface area contributed by atoms with Crippen molar-refractivity contribution in [2.45, 2.75) is 64.3 Å². The molecule has 1 aromatic heterocycles. The molecule has 2 aliphatic rings. The zero-order valence-corrected chi connectivity index (χ0v) is 17.9. The number of benzene rings is 1. The molecular weight excluding hydrogens is 374 g/mol. The Kier molecular flexibility index (Phi) is 5.29. The van der Waals surface area contributed by atoms with E-state index >= 15 is 0 Å². The molecule has 2 aromatic rings. The molecule has 0 spiro atoms. The number of likely N-dealkylation sites (tertiary alicyclic amines) is 1. The van der Waals surface area contributed by atoms with Crippen molar-refractivity contribution in [3.8, 4) is 5.75 Å². The number of rotatable bonds is 4. The Morgan fingerprint density at radius 1 is 1.36 bits per heavy atom. The summed E-state index contributed by atoms with van der Waals surface area (Å²) < 4.78 is 6.21. The van der Waals surface area contributed by atoms with Gasteiger partial charge in [0.1, 0.15) is 22.6 Å². The normalized spacial score (nSPS) is 27.0. The largest absolute Gasteiger partial charge is 0.485 e. The van der Waals surface area contributed by atoms with E-state index in [-0.39, 0.29) is 6.04 Å². The molecule has 2 aliphatic heterocycles. The Labute approximate surface area is 172 Å². The Morgan fingerprint density at radius 3 is 2.89 bits per heavy atom. The molecule has 6 heteroatoms. The molecule has 152 valence electrons. The summed E-state index contributed by atoms with van der Waals surface area (Å²) in [6, 6.07) is 6.24. The van der Waals surface area contributed by atoms with Crippen LogP contribution in [0.1, 0.15) is 50.8 Å². The first kappa shape index (κ1) is 19.9. The lowest BCUT2D eigenvalue weighted by Gasteiger charge is -2.43. The first-order valence-electron chi connectivity index (χ1n) is 10.3. The van der Waals surface area contributed by atoms with Gasteiger partial charge >= 0.3 is 0 Å². The highest BCUT2D eigenvalue weighted by Gasteiger charge is 2.43. The fourth-order valence-corrected chi connectivity index (χ4v) is 4.93. The number of aromatic nitrogens is 1. The number of pyridine rings is 1. The van der Waals surface area contributed by atoms with Crippen LogP contribution in [0.5, 0.6) is 5.75 Å². The fraction of sp³-hybridized carbons (Fsp3) is 0.591. The van der Waals surface area contributed by atoms with E-state index in [1.54, 1.807) is 0 Å². The number of nitrogens with one attached hydrogen (secondary N) is 1. The van der Waals surface area contributed by atoms with E-state index in [1.807, 2.05) is 39.0 Å². The lowest BCUT2D eigenvalue weighted by atomic mass is 9.85. The summed E-state index contributed by atoms with van der Waals surface area (Å²) in [6.45, 7) is 11.2. The van der Waals surface area contributed by atoms with E-state index in [0.29, 0.717) is 11.2 Å². The minimum absolute atomic E-state index is 0.205. The first-order valence-corrected chi connectivity index (χ1v) is 10.6. The summed E-state index contributed by atoms with van der Waals surface area (Å²) in [5, 5.41) is 16.2. The minimum atomic E-state index is -0.674. The van der Waals surface area contributed by atoms with Gasteiger partial charge in [0.25, 0.3) is 0 Å².